The van der Waals surface area contributed by atoms with Crippen LogP contribution in [-0.4, -0.2) is 10.9 Å². The van der Waals surface area contributed by atoms with Crippen LogP contribution in [-0.2, 0) is 0 Å². The SMILES string of the molecule is NNc1ccc(C(=O)Nc2ccc3ccccc3c2)nc1. The van der Waals surface area contributed by atoms with Crippen LogP contribution in [0.4, 0.5) is 11.4 Å². The number of benzene rings is 2. The normalized spacial score (nSPS) is 10.3. The third-order valence-corrected chi connectivity index (χ3v) is 3.17. The predicted molar refractivity (Wildman–Crippen MR) is 83.9 cm³/mol. The maximum Gasteiger partial charge on any atom is 0.274 e. The van der Waals surface area contributed by atoms with E-state index in [1.54, 1.807) is 12.1 Å². The molecule has 104 valence electrons. The molecule has 0 saturated carbocycles. The quantitative estimate of drug-likeness (QED) is 0.508. The predicted octanol–water partition coefficient (Wildman–Crippen LogP) is 2.77. The summed E-state index contributed by atoms with van der Waals surface area (Å²) in [5.74, 6) is 5.01. The third kappa shape index (κ3) is 2.82. The number of pyridine rings is 1. The maximum atomic E-state index is 12.1. The Kier molecular flexibility index (Phi) is 3.49. The summed E-state index contributed by atoms with van der Waals surface area (Å²) in [6.07, 6.45) is 1.51. The lowest BCUT2D eigenvalue weighted by Crippen LogP contribution is -2.14. The van der Waals surface area contributed by atoms with E-state index in [0.717, 1.165) is 16.5 Å². The topological polar surface area (TPSA) is 80.0 Å². The number of nitrogen functional groups attached to an aromatic ring is 1. The molecule has 3 rings (SSSR count). The molecule has 0 spiro atoms. The number of aromatic nitrogens is 1. The first-order valence-electron chi connectivity index (χ1n) is 6.49. The van der Waals surface area contributed by atoms with Gasteiger partial charge in [0.2, 0.25) is 0 Å². The minimum absolute atomic E-state index is 0.256. The lowest BCUT2D eigenvalue weighted by molar-refractivity contribution is 0.102. The molecule has 4 N–H and O–H groups in total. The first kappa shape index (κ1) is 13.1. The lowest BCUT2D eigenvalue weighted by atomic mass is 10.1. The molecule has 5 heteroatoms. The number of hydrogen-bond donors (Lipinski definition) is 3. The molecule has 21 heavy (non-hydrogen) atoms. The molecule has 1 heterocycles. The molecular formula is C16H14N4O. The molecule has 0 atom stereocenters. The Morgan fingerprint density at radius 3 is 2.43 bits per heavy atom. The Morgan fingerprint density at radius 1 is 0.952 bits per heavy atom. The zero-order valence-corrected chi connectivity index (χ0v) is 11.2. The van der Waals surface area contributed by atoms with Gasteiger partial charge >= 0.3 is 0 Å². The molecule has 0 fully saturated rings. The van der Waals surface area contributed by atoms with Crippen LogP contribution in [0.1, 0.15) is 10.5 Å². The minimum atomic E-state index is -0.256. The summed E-state index contributed by atoms with van der Waals surface area (Å²) in [7, 11) is 0. The molecule has 1 amide bonds. The highest BCUT2D eigenvalue weighted by Gasteiger charge is 2.07. The van der Waals surface area contributed by atoms with E-state index in [-0.39, 0.29) is 5.91 Å². The fraction of sp³-hybridized carbons (Fsp3) is 0. The van der Waals surface area contributed by atoms with E-state index in [4.69, 9.17) is 5.84 Å². The van der Waals surface area contributed by atoms with Gasteiger partial charge in [-0.1, -0.05) is 30.3 Å². The summed E-state index contributed by atoms with van der Waals surface area (Å²) in [6.45, 7) is 0. The second-order valence-corrected chi connectivity index (χ2v) is 4.59. The zero-order chi connectivity index (χ0) is 14.7. The number of carbonyl (C=O) groups excluding carboxylic acids is 1. The summed E-state index contributed by atoms with van der Waals surface area (Å²) < 4.78 is 0. The number of fused-ring (bicyclic) bond motifs is 1. The monoisotopic (exact) mass is 278 g/mol. The molecule has 0 aliphatic heterocycles. The highest BCUT2D eigenvalue weighted by molar-refractivity contribution is 6.04. The van der Waals surface area contributed by atoms with Crippen molar-refractivity contribution in [1.82, 2.24) is 4.98 Å². The summed E-state index contributed by atoms with van der Waals surface area (Å²) in [4.78, 5) is 16.2. The van der Waals surface area contributed by atoms with Crippen LogP contribution in [0.3, 0.4) is 0 Å². The van der Waals surface area contributed by atoms with Crippen molar-refractivity contribution in [2.75, 3.05) is 10.7 Å². The number of carbonyl (C=O) groups is 1. The Balaban J connectivity index is 1.81. The minimum Gasteiger partial charge on any atom is -0.323 e. The van der Waals surface area contributed by atoms with Gasteiger partial charge in [-0.15, -0.1) is 0 Å². The van der Waals surface area contributed by atoms with E-state index >= 15 is 0 Å². The first-order chi connectivity index (χ1) is 10.3. The summed E-state index contributed by atoms with van der Waals surface area (Å²) in [5.41, 5.74) is 4.19. The molecule has 2 aromatic carbocycles. The Hall–Kier alpha value is -2.92. The van der Waals surface area contributed by atoms with E-state index in [0.29, 0.717) is 11.4 Å². The Labute approximate surface area is 121 Å². The van der Waals surface area contributed by atoms with E-state index in [9.17, 15) is 4.79 Å². The van der Waals surface area contributed by atoms with Gasteiger partial charge in [0.1, 0.15) is 5.69 Å². The fourth-order valence-corrected chi connectivity index (χ4v) is 2.08. The summed E-state index contributed by atoms with van der Waals surface area (Å²) >= 11 is 0. The number of anilines is 2. The van der Waals surface area contributed by atoms with Gasteiger partial charge in [-0.25, -0.2) is 4.98 Å². The Morgan fingerprint density at radius 2 is 1.71 bits per heavy atom. The van der Waals surface area contributed by atoms with Crippen molar-refractivity contribution in [3.8, 4) is 0 Å². The van der Waals surface area contributed by atoms with Crippen molar-refractivity contribution >= 4 is 28.1 Å². The highest BCUT2D eigenvalue weighted by Crippen LogP contribution is 2.19. The number of hydrogen-bond acceptors (Lipinski definition) is 4. The van der Waals surface area contributed by atoms with Crippen molar-refractivity contribution in [3.63, 3.8) is 0 Å². The van der Waals surface area contributed by atoms with Crippen LogP contribution in [0.25, 0.3) is 10.8 Å². The van der Waals surface area contributed by atoms with Gasteiger partial charge in [-0.3, -0.25) is 10.6 Å². The average molecular weight is 278 g/mol. The van der Waals surface area contributed by atoms with Gasteiger partial charge in [-0.2, -0.15) is 0 Å². The molecule has 3 aromatic rings. The van der Waals surface area contributed by atoms with Gasteiger partial charge in [0.15, 0.2) is 0 Å². The van der Waals surface area contributed by atoms with Crippen molar-refractivity contribution < 1.29 is 4.79 Å². The van der Waals surface area contributed by atoms with Gasteiger partial charge in [-0.05, 0) is 35.0 Å². The average Bonchev–Trinajstić information content (AvgIpc) is 2.55. The molecule has 0 saturated heterocycles. The molecular weight excluding hydrogens is 264 g/mol. The third-order valence-electron chi connectivity index (χ3n) is 3.17. The van der Waals surface area contributed by atoms with Gasteiger partial charge in [0, 0.05) is 5.69 Å². The van der Waals surface area contributed by atoms with Crippen LogP contribution in [0.15, 0.2) is 60.8 Å². The molecule has 0 aliphatic carbocycles. The number of hydrazine groups is 1. The molecule has 5 nitrogen and oxygen atoms in total. The highest BCUT2D eigenvalue weighted by atomic mass is 16.1. The van der Waals surface area contributed by atoms with Crippen LogP contribution in [0.5, 0.6) is 0 Å². The van der Waals surface area contributed by atoms with Gasteiger partial charge in [0.25, 0.3) is 5.91 Å². The lowest BCUT2D eigenvalue weighted by Gasteiger charge is -2.07. The number of nitrogens with zero attached hydrogens (tertiary/aromatic N) is 1. The van der Waals surface area contributed by atoms with E-state index in [1.807, 2.05) is 42.5 Å². The van der Waals surface area contributed by atoms with Crippen molar-refractivity contribution in [2.24, 2.45) is 5.84 Å². The van der Waals surface area contributed by atoms with Gasteiger partial charge in [0.05, 0.1) is 11.9 Å². The van der Waals surface area contributed by atoms with Crippen LogP contribution in [0, 0.1) is 0 Å². The standard InChI is InChI=1S/C16H14N4O/c17-20-14-7-8-15(18-10-14)16(21)19-13-6-5-11-3-1-2-4-12(11)9-13/h1-10,20H,17H2,(H,19,21). The molecule has 1 aromatic heterocycles. The molecule has 0 bridgehead atoms. The van der Waals surface area contributed by atoms with Crippen molar-refractivity contribution in [2.45, 2.75) is 0 Å². The number of rotatable bonds is 3. The second-order valence-electron chi connectivity index (χ2n) is 4.59. The molecule has 0 aliphatic rings. The summed E-state index contributed by atoms with van der Waals surface area (Å²) in [6, 6.07) is 17.1. The van der Waals surface area contributed by atoms with E-state index in [1.165, 1.54) is 6.20 Å². The van der Waals surface area contributed by atoms with Crippen molar-refractivity contribution in [1.29, 1.82) is 0 Å². The fourth-order valence-electron chi connectivity index (χ4n) is 2.08. The molecule has 0 radical (unpaired) electrons. The zero-order valence-electron chi connectivity index (χ0n) is 11.2. The van der Waals surface area contributed by atoms with Gasteiger partial charge < -0.3 is 10.7 Å². The van der Waals surface area contributed by atoms with E-state index < -0.39 is 0 Å². The second kappa shape index (κ2) is 5.60. The maximum absolute atomic E-state index is 12.1. The smallest absolute Gasteiger partial charge is 0.274 e. The Bertz CT molecular complexity index is 784. The number of nitrogens with two attached hydrogens (primary N) is 1. The van der Waals surface area contributed by atoms with E-state index in [2.05, 4.69) is 15.7 Å². The summed E-state index contributed by atoms with van der Waals surface area (Å²) in [5, 5.41) is 5.04. The van der Waals surface area contributed by atoms with Crippen LogP contribution in [0.2, 0.25) is 0 Å². The number of amides is 1. The largest absolute Gasteiger partial charge is 0.323 e. The first-order valence-corrected chi connectivity index (χ1v) is 6.49. The van der Waals surface area contributed by atoms with Crippen LogP contribution >= 0.6 is 0 Å². The van der Waals surface area contributed by atoms with Crippen LogP contribution < -0.4 is 16.6 Å². The number of nitrogens with one attached hydrogen (secondary N) is 2. The molecule has 0 unspecified atom stereocenters. The van der Waals surface area contributed by atoms with Crippen molar-refractivity contribution in [3.05, 3.63) is 66.5 Å².